The van der Waals surface area contributed by atoms with E-state index in [1.807, 2.05) is 0 Å². The molecule has 2 heterocycles. The van der Waals surface area contributed by atoms with Gasteiger partial charge in [0.2, 0.25) is 0 Å². The Morgan fingerprint density at radius 3 is 2.94 bits per heavy atom. The third kappa shape index (κ3) is 1.98. The van der Waals surface area contributed by atoms with Crippen LogP contribution in [0.3, 0.4) is 0 Å². The van der Waals surface area contributed by atoms with Crippen LogP contribution in [0, 0.1) is 0 Å². The molecule has 16 heavy (non-hydrogen) atoms. The first-order chi connectivity index (χ1) is 7.53. The molecule has 1 aromatic rings. The van der Waals surface area contributed by atoms with E-state index in [1.165, 1.54) is 12.3 Å². The van der Waals surface area contributed by atoms with Crippen LogP contribution in [0.1, 0.15) is 6.42 Å². The van der Waals surface area contributed by atoms with Crippen molar-refractivity contribution < 1.29 is 13.2 Å². The topological polar surface area (TPSA) is 88.5 Å². The predicted molar refractivity (Wildman–Crippen MR) is 60.9 cm³/mol. The molecule has 6 nitrogen and oxygen atoms in total. The van der Waals surface area contributed by atoms with Crippen LogP contribution in [0.2, 0.25) is 0 Å². The van der Waals surface area contributed by atoms with Gasteiger partial charge in [-0.05, 0) is 22.0 Å². The van der Waals surface area contributed by atoms with E-state index in [0.717, 1.165) is 0 Å². The molecule has 0 saturated heterocycles. The SMILES string of the molecule is O=CCC1=NS(=O)(=O)c2cc(Br)cnc2N1. The highest BCUT2D eigenvalue weighted by Crippen LogP contribution is 2.27. The van der Waals surface area contributed by atoms with Gasteiger partial charge in [0.1, 0.15) is 17.0 Å². The number of fused-ring (bicyclic) bond motifs is 1. The Hall–Kier alpha value is -1.28. The summed E-state index contributed by atoms with van der Waals surface area (Å²) in [5.41, 5.74) is 0. The fraction of sp³-hybridized carbons (Fsp3) is 0.125. The number of aldehydes is 1. The molecule has 0 amide bonds. The molecule has 1 N–H and O–H groups in total. The molecule has 0 radical (unpaired) electrons. The molecule has 1 aromatic heterocycles. The molecule has 2 rings (SSSR count). The average Bonchev–Trinajstić information content (AvgIpc) is 2.19. The van der Waals surface area contributed by atoms with Crippen LogP contribution < -0.4 is 5.32 Å². The number of nitrogens with one attached hydrogen (secondary N) is 1. The zero-order chi connectivity index (χ0) is 11.8. The maximum Gasteiger partial charge on any atom is 0.287 e. The van der Waals surface area contributed by atoms with Gasteiger partial charge in [0.05, 0.1) is 6.42 Å². The van der Waals surface area contributed by atoms with Crippen molar-refractivity contribution in [2.24, 2.45) is 4.40 Å². The fourth-order valence-corrected chi connectivity index (χ4v) is 2.85. The maximum atomic E-state index is 11.7. The molecule has 1 aliphatic rings. The van der Waals surface area contributed by atoms with Gasteiger partial charge in [-0.15, -0.1) is 4.40 Å². The van der Waals surface area contributed by atoms with Crippen molar-refractivity contribution >= 4 is 43.9 Å². The number of halogens is 1. The van der Waals surface area contributed by atoms with Crippen LogP contribution >= 0.6 is 15.9 Å². The average molecular weight is 304 g/mol. The van der Waals surface area contributed by atoms with E-state index in [9.17, 15) is 13.2 Å². The second-order valence-electron chi connectivity index (χ2n) is 3.01. The molecule has 0 unspecified atom stereocenters. The standard InChI is InChI=1S/C8H6BrN3O3S/c9-5-3-6-8(10-4-5)11-7(1-2-13)12-16(6,14)15/h2-4H,1H2,(H,10,11,12). The van der Waals surface area contributed by atoms with Crippen LogP contribution in [0.25, 0.3) is 0 Å². The summed E-state index contributed by atoms with van der Waals surface area (Å²) in [5, 5.41) is 2.69. The number of hydrogen-bond acceptors (Lipinski definition) is 5. The molecule has 84 valence electrons. The molecular formula is C8H6BrN3O3S. The Kier molecular flexibility index (Phi) is 2.76. The van der Waals surface area contributed by atoms with Gasteiger partial charge in [-0.3, -0.25) is 0 Å². The summed E-state index contributed by atoms with van der Waals surface area (Å²) in [6.45, 7) is 0. The first-order valence-corrected chi connectivity index (χ1v) is 6.46. The minimum atomic E-state index is -3.76. The summed E-state index contributed by atoms with van der Waals surface area (Å²) in [6, 6.07) is 1.41. The van der Waals surface area contributed by atoms with Crippen LogP contribution in [-0.2, 0) is 14.8 Å². The third-order valence-corrected chi connectivity index (χ3v) is 3.63. The molecule has 0 saturated carbocycles. The number of aromatic nitrogens is 1. The van der Waals surface area contributed by atoms with E-state index in [1.54, 1.807) is 0 Å². The van der Waals surface area contributed by atoms with E-state index < -0.39 is 10.0 Å². The van der Waals surface area contributed by atoms with Crippen LogP contribution in [-0.4, -0.2) is 25.5 Å². The second-order valence-corrected chi connectivity index (χ2v) is 5.50. The number of amidine groups is 1. The van der Waals surface area contributed by atoms with Crippen molar-refractivity contribution in [3.05, 3.63) is 16.7 Å². The Labute approximate surface area is 100.0 Å². The molecule has 0 bridgehead atoms. The molecule has 0 atom stereocenters. The van der Waals surface area contributed by atoms with Gasteiger partial charge in [0.15, 0.2) is 5.82 Å². The van der Waals surface area contributed by atoms with Gasteiger partial charge in [-0.2, -0.15) is 8.42 Å². The van der Waals surface area contributed by atoms with Crippen molar-refractivity contribution in [3.8, 4) is 0 Å². The quantitative estimate of drug-likeness (QED) is 0.822. The normalized spacial score (nSPS) is 16.9. The van der Waals surface area contributed by atoms with Crippen molar-refractivity contribution in [2.75, 3.05) is 5.32 Å². The Morgan fingerprint density at radius 2 is 2.25 bits per heavy atom. The van der Waals surface area contributed by atoms with Crippen LogP contribution in [0.15, 0.2) is 26.0 Å². The number of pyridine rings is 1. The number of sulfonamides is 1. The van der Waals surface area contributed by atoms with Crippen LogP contribution in [0.4, 0.5) is 5.82 Å². The lowest BCUT2D eigenvalue weighted by atomic mass is 10.4. The Bertz CT molecular complexity index is 582. The number of nitrogens with zero attached hydrogens (tertiary/aromatic N) is 2. The third-order valence-electron chi connectivity index (χ3n) is 1.87. The van der Waals surface area contributed by atoms with E-state index in [2.05, 4.69) is 30.6 Å². The first kappa shape index (κ1) is 11.2. The predicted octanol–water partition coefficient (Wildman–Crippen LogP) is 0.946. The summed E-state index contributed by atoms with van der Waals surface area (Å²) >= 11 is 3.13. The monoisotopic (exact) mass is 303 g/mol. The van der Waals surface area contributed by atoms with E-state index >= 15 is 0 Å². The molecular weight excluding hydrogens is 298 g/mol. The molecule has 0 aliphatic carbocycles. The van der Waals surface area contributed by atoms with E-state index in [-0.39, 0.29) is 23.0 Å². The zero-order valence-corrected chi connectivity index (χ0v) is 10.2. The number of carbonyl (C=O) groups excluding carboxylic acids is 1. The highest BCUT2D eigenvalue weighted by atomic mass is 79.9. The second kappa shape index (κ2) is 3.95. The zero-order valence-electron chi connectivity index (χ0n) is 7.84. The number of rotatable bonds is 2. The molecule has 0 spiro atoms. The summed E-state index contributed by atoms with van der Waals surface area (Å²) in [6.07, 6.45) is 1.95. The number of anilines is 1. The largest absolute Gasteiger partial charge is 0.326 e. The van der Waals surface area contributed by atoms with E-state index in [0.29, 0.717) is 10.8 Å². The lowest BCUT2D eigenvalue weighted by Crippen LogP contribution is -2.22. The number of carbonyl (C=O) groups is 1. The summed E-state index contributed by atoms with van der Waals surface area (Å²) in [7, 11) is -3.76. The molecule has 1 aliphatic heterocycles. The summed E-state index contributed by atoms with van der Waals surface area (Å²) in [5.74, 6) is 0.271. The Balaban J connectivity index is 2.57. The van der Waals surface area contributed by atoms with Gasteiger partial charge in [0.25, 0.3) is 10.0 Å². The summed E-state index contributed by atoms with van der Waals surface area (Å²) < 4.78 is 27.4. The molecule has 0 fully saturated rings. The Morgan fingerprint density at radius 1 is 1.50 bits per heavy atom. The van der Waals surface area contributed by atoms with Crippen molar-refractivity contribution in [1.29, 1.82) is 0 Å². The van der Waals surface area contributed by atoms with Crippen molar-refractivity contribution in [2.45, 2.75) is 11.3 Å². The van der Waals surface area contributed by atoms with Gasteiger partial charge < -0.3 is 10.1 Å². The molecule has 0 aromatic carbocycles. The fourth-order valence-electron chi connectivity index (χ4n) is 1.23. The lowest BCUT2D eigenvalue weighted by molar-refractivity contribution is -0.106. The van der Waals surface area contributed by atoms with Gasteiger partial charge in [-0.25, -0.2) is 4.98 Å². The first-order valence-electron chi connectivity index (χ1n) is 4.23. The minimum Gasteiger partial charge on any atom is -0.326 e. The highest BCUT2D eigenvalue weighted by Gasteiger charge is 2.25. The number of hydrogen-bond donors (Lipinski definition) is 1. The molecule has 8 heteroatoms. The van der Waals surface area contributed by atoms with Gasteiger partial charge in [-0.1, -0.05) is 0 Å². The smallest absolute Gasteiger partial charge is 0.287 e. The summed E-state index contributed by atoms with van der Waals surface area (Å²) in [4.78, 5) is 14.2. The van der Waals surface area contributed by atoms with Crippen molar-refractivity contribution in [3.63, 3.8) is 0 Å². The minimum absolute atomic E-state index is 0.00322. The van der Waals surface area contributed by atoms with Crippen LogP contribution in [0.5, 0.6) is 0 Å². The maximum absolute atomic E-state index is 11.7. The lowest BCUT2D eigenvalue weighted by Gasteiger charge is -2.15. The van der Waals surface area contributed by atoms with Crippen molar-refractivity contribution in [1.82, 2.24) is 4.98 Å². The highest BCUT2D eigenvalue weighted by molar-refractivity contribution is 9.10. The van der Waals surface area contributed by atoms with E-state index in [4.69, 9.17) is 0 Å². The van der Waals surface area contributed by atoms with Gasteiger partial charge in [0, 0.05) is 10.7 Å². The van der Waals surface area contributed by atoms with Gasteiger partial charge >= 0.3 is 0 Å².